The molecule has 5 rings (SSSR count). The van der Waals surface area contributed by atoms with Crippen LogP contribution < -0.4 is 4.74 Å². The fraction of sp³-hybridized carbons (Fsp3) is 0.381. The molecule has 0 saturated heterocycles. The van der Waals surface area contributed by atoms with Crippen molar-refractivity contribution in [3.8, 4) is 5.75 Å². The van der Waals surface area contributed by atoms with Gasteiger partial charge in [0.2, 0.25) is 0 Å². The molecule has 1 aromatic carbocycles. The van der Waals surface area contributed by atoms with Crippen molar-refractivity contribution in [3.63, 3.8) is 0 Å². The molecule has 0 spiro atoms. The Bertz CT molecular complexity index is 1100. The Kier molecular flexibility index (Phi) is 5.84. The van der Waals surface area contributed by atoms with E-state index in [0.717, 1.165) is 36.9 Å². The molecule has 9 heteroatoms. The lowest BCUT2D eigenvalue weighted by Gasteiger charge is -2.25. The number of rotatable bonds is 3. The van der Waals surface area contributed by atoms with Crippen molar-refractivity contribution in [1.29, 1.82) is 0 Å². The van der Waals surface area contributed by atoms with Gasteiger partial charge in [-0.3, -0.25) is 4.79 Å². The second kappa shape index (κ2) is 8.40. The summed E-state index contributed by atoms with van der Waals surface area (Å²) in [6.07, 6.45) is 8.57. The zero-order valence-electron chi connectivity index (χ0n) is 16.2. The van der Waals surface area contributed by atoms with Gasteiger partial charge in [0.25, 0.3) is 5.91 Å². The maximum Gasteiger partial charge on any atom is 0.258 e. The van der Waals surface area contributed by atoms with Crippen LogP contribution in [-0.4, -0.2) is 31.5 Å². The van der Waals surface area contributed by atoms with Gasteiger partial charge in [0.05, 0.1) is 41.7 Å². The predicted molar refractivity (Wildman–Crippen MR) is 113 cm³/mol. The highest BCUT2D eigenvalue weighted by atomic mass is 35.5. The van der Waals surface area contributed by atoms with Crippen LogP contribution in [-0.2, 0) is 13.1 Å². The van der Waals surface area contributed by atoms with Crippen molar-refractivity contribution < 1.29 is 13.9 Å². The minimum Gasteiger partial charge on any atom is -0.489 e. The first-order chi connectivity index (χ1) is 14.1. The van der Waals surface area contributed by atoms with Gasteiger partial charge in [-0.15, -0.1) is 12.4 Å². The fourth-order valence-electron chi connectivity index (χ4n) is 4.17. The molecule has 158 valence electrons. The van der Waals surface area contributed by atoms with E-state index in [1.807, 2.05) is 0 Å². The van der Waals surface area contributed by atoms with Crippen LogP contribution in [0.1, 0.15) is 53.7 Å². The number of nitrogens with zero attached hydrogens (tertiary/aromatic N) is 4. The van der Waals surface area contributed by atoms with Crippen LogP contribution >= 0.6 is 24.0 Å². The van der Waals surface area contributed by atoms with Gasteiger partial charge >= 0.3 is 0 Å². The summed E-state index contributed by atoms with van der Waals surface area (Å²) in [5.74, 6) is -0.276. The molecular weight excluding hydrogens is 430 g/mol. The summed E-state index contributed by atoms with van der Waals surface area (Å²) in [6, 6.07) is 4.13. The van der Waals surface area contributed by atoms with Gasteiger partial charge in [0.15, 0.2) is 5.65 Å². The van der Waals surface area contributed by atoms with E-state index in [4.69, 9.17) is 16.3 Å². The molecule has 0 unspecified atom stereocenters. The summed E-state index contributed by atoms with van der Waals surface area (Å²) < 4.78 is 21.6. The molecule has 0 N–H and O–H groups in total. The van der Waals surface area contributed by atoms with Gasteiger partial charge in [0.1, 0.15) is 11.6 Å². The number of fused-ring (bicyclic) bond motifs is 3. The number of halogens is 3. The zero-order chi connectivity index (χ0) is 20.0. The maximum absolute atomic E-state index is 13.9. The molecule has 1 saturated carbocycles. The summed E-state index contributed by atoms with van der Waals surface area (Å²) in [7, 11) is 0. The van der Waals surface area contributed by atoms with Crippen LogP contribution in [0.25, 0.3) is 5.65 Å². The van der Waals surface area contributed by atoms with E-state index in [1.54, 1.807) is 21.8 Å². The molecule has 0 atom stereocenters. The Hall–Kier alpha value is -2.38. The lowest BCUT2D eigenvalue weighted by atomic mass is 9.97. The molecule has 1 aliphatic carbocycles. The van der Waals surface area contributed by atoms with Gasteiger partial charge < -0.3 is 9.64 Å². The van der Waals surface area contributed by atoms with E-state index in [9.17, 15) is 9.18 Å². The third kappa shape index (κ3) is 3.84. The highest BCUT2D eigenvalue weighted by molar-refractivity contribution is 6.30. The Labute approximate surface area is 184 Å². The highest BCUT2D eigenvalue weighted by Crippen LogP contribution is 2.31. The van der Waals surface area contributed by atoms with Gasteiger partial charge in [0, 0.05) is 17.8 Å². The number of hydrogen-bond acceptors (Lipinski definition) is 4. The minimum absolute atomic E-state index is 0. The SMILES string of the molecule is Cl.O=C(c1ccc(F)cc1OC1CCCCC1)N1Cc2nn3cc(Cl)cnc3c2C1. The average Bonchev–Trinajstić information content (AvgIpc) is 3.26. The van der Waals surface area contributed by atoms with Crippen molar-refractivity contribution >= 4 is 35.6 Å². The lowest BCUT2D eigenvalue weighted by Crippen LogP contribution is -2.28. The number of carbonyl (C=O) groups excluding carboxylic acids is 1. The molecule has 6 nitrogen and oxygen atoms in total. The van der Waals surface area contributed by atoms with Crippen molar-refractivity contribution in [2.75, 3.05) is 0 Å². The molecule has 1 amide bonds. The Morgan fingerprint density at radius 3 is 2.80 bits per heavy atom. The molecule has 3 aromatic rings. The van der Waals surface area contributed by atoms with Crippen molar-refractivity contribution in [2.24, 2.45) is 0 Å². The first kappa shape index (κ1) is 20.9. The second-order valence-corrected chi connectivity index (χ2v) is 8.08. The van der Waals surface area contributed by atoms with Crippen LogP contribution in [0.15, 0.2) is 30.6 Å². The monoisotopic (exact) mass is 450 g/mol. The normalized spacial score (nSPS) is 16.4. The van der Waals surface area contributed by atoms with E-state index in [2.05, 4.69) is 10.1 Å². The summed E-state index contributed by atoms with van der Waals surface area (Å²) >= 11 is 5.98. The van der Waals surface area contributed by atoms with E-state index >= 15 is 0 Å². The standard InChI is InChI=1S/C21H20ClFN4O2.ClH/c22-13-9-24-20-17-11-26(12-18(17)25-27(20)10-13)21(28)16-7-6-14(23)8-19(16)29-15-4-2-1-3-5-15;/h6-10,15H,1-5,11-12H2;1H. The van der Waals surface area contributed by atoms with Crippen LogP contribution in [0.4, 0.5) is 4.39 Å². The number of benzene rings is 1. The first-order valence-corrected chi connectivity index (χ1v) is 10.2. The van der Waals surface area contributed by atoms with Gasteiger partial charge in [-0.1, -0.05) is 18.0 Å². The number of ether oxygens (including phenoxy) is 1. The van der Waals surface area contributed by atoms with Crippen molar-refractivity contribution in [2.45, 2.75) is 51.3 Å². The topological polar surface area (TPSA) is 59.7 Å². The third-order valence-electron chi connectivity index (χ3n) is 5.62. The number of aromatic nitrogens is 3. The summed E-state index contributed by atoms with van der Waals surface area (Å²) in [5.41, 5.74) is 2.78. The van der Waals surface area contributed by atoms with Crippen LogP contribution in [0, 0.1) is 5.82 Å². The summed E-state index contributed by atoms with van der Waals surface area (Å²) in [4.78, 5) is 19.3. The summed E-state index contributed by atoms with van der Waals surface area (Å²) in [5, 5.41) is 5.00. The number of carbonyl (C=O) groups is 1. The number of amides is 1. The molecule has 3 heterocycles. The van der Waals surface area contributed by atoms with E-state index in [-0.39, 0.29) is 24.4 Å². The van der Waals surface area contributed by atoms with E-state index < -0.39 is 5.82 Å². The van der Waals surface area contributed by atoms with E-state index in [0.29, 0.717) is 35.1 Å². The largest absolute Gasteiger partial charge is 0.489 e. The van der Waals surface area contributed by atoms with Gasteiger partial charge in [-0.25, -0.2) is 13.9 Å². The average molecular weight is 451 g/mol. The zero-order valence-corrected chi connectivity index (χ0v) is 17.8. The Morgan fingerprint density at radius 2 is 2.00 bits per heavy atom. The molecule has 2 aliphatic rings. The maximum atomic E-state index is 13.9. The smallest absolute Gasteiger partial charge is 0.258 e. The quantitative estimate of drug-likeness (QED) is 0.574. The van der Waals surface area contributed by atoms with Crippen molar-refractivity contribution in [3.05, 3.63) is 58.3 Å². The molecular formula is C21H21Cl2FN4O2. The fourth-order valence-corrected chi connectivity index (χ4v) is 4.31. The van der Waals surface area contributed by atoms with Crippen LogP contribution in [0.5, 0.6) is 5.75 Å². The lowest BCUT2D eigenvalue weighted by molar-refractivity contribution is 0.0738. The van der Waals surface area contributed by atoms with Crippen LogP contribution in [0.2, 0.25) is 5.02 Å². The molecule has 0 bridgehead atoms. The molecule has 0 radical (unpaired) electrons. The Morgan fingerprint density at radius 1 is 1.20 bits per heavy atom. The third-order valence-corrected chi connectivity index (χ3v) is 5.81. The first-order valence-electron chi connectivity index (χ1n) is 9.85. The van der Waals surface area contributed by atoms with Crippen molar-refractivity contribution in [1.82, 2.24) is 19.5 Å². The van der Waals surface area contributed by atoms with Gasteiger partial charge in [-0.2, -0.15) is 5.10 Å². The summed E-state index contributed by atoms with van der Waals surface area (Å²) in [6.45, 7) is 0.766. The molecule has 2 aromatic heterocycles. The minimum atomic E-state index is -0.407. The number of hydrogen-bond donors (Lipinski definition) is 0. The van der Waals surface area contributed by atoms with Gasteiger partial charge in [-0.05, 0) is 37.8 Å². The molecule has 1 fully saturated rings. The van der Waals surface area contributed by atoms with Crippen LogP contribution in [0.3, 0.4) is 0 Å². The highest BCUT2D eigenvalue weighted by Gasteiger charge is 2.31. The van der Waals surface area contributed by atoms with E-state index in [1.165, 1.54) is 24.6 Å². The molecule has 1 aliphatic heterocycles. The molecule has 30 heavy (non-hydrogen) atoms. The predicted octanol–water partition coefficient (Wildman–Crippen LogP) is 4.81. The Balaban J connectivity index is 0.00000218. The second-order valence-electron chi connectivity index (χ2n) is 7.65.